The number of hydrogen-bond acceptors (Lipinski definition) is 5. The standard InChI is InChI=1S/C20H20N2O4S/c1-20(19(21)23,27(24,25)17-8-6-16(26-2)7-9-17)13-14-5-10-18-15(12-14)4-3-11-22-18/h3-12H,13H2,1-2H3,(H2,21,23). The highest BCUT2D eigenvalue weighted by molar-refractivity contribution is 7.93. The van der Waals surface area contributed by atoms with Crippen LogP contribution >= 0.6 is 0 Å². The number of nitrogens with zero attached hydrogens (tertiary/aromatic N) is 1. The minimum absolute atomic E-state index is 0.0204. The van der Waals surface area contributed by atoms with Crippen LogP contribution in [-0.4, -0.2) is 31.2 Å². The lowest BCUT2D eigenvalue weighted by Crippen LogP contribution is -2.49. The molecule has 3 aromatic rings. The third-order valence-electron chi connectivity index (χ3n) is 4.69. The summed E-state index contributed by atoms with van der Waals surface area (Å²) in [4.78, 5) is 16.5. The maximum absolute atomic E-state index is 13.2. The number of primary amides is 1. The van der Waals surface area contributed by atoms with Gasteiger partial charge in [-0.1, -0.05) is 12.1 Å². The lowest BCUT2D eigenvalue weighted by atomic mass is 9.98. The number of benzene rings is 2. The van der Waals surface area contributed by atoms with Crippen molar-refractivity contribution in [1.29, 1.82) is 0 Å². The molecular formula is C20H20N2O4S. The number of amides is 1. The van der Waals surface area contributed by atoms with Crippen molar-refractivity contribution in [2.75, 3.05) is 7.11 Å². The number of rotatable bonds is 6. The number of hydrogen-bond donors (Lipinski definition) is 1. The summed E-state index contributed by atoms with van der Waals surface area (Å²) < 4.78 is 29.7. The Kier molecular flexibility index (Phi) is 4.89. The van der Waals surface area contributed by atoms with Crippen molar-refractivity contribution in [1.82, 2.24) is 4.98 Å². The highest BCUT2D eigenvalue weighted by Gasteiger charge is 2.46. The molecule has 140 valence electrons. The zero-order chi connectivity index (χ0) is 19.7. The smallest absolute Gasteiger partial charge is 0.239 e. The lowest BCUT2D eigenvalue weighted by Gasteiger charge is -2.26. The first-order valence-corrected chi connectivity index (χ1v) is 9.78. The van der Waals surface area contributed by atoms with E-state index < -0.39 is 20.5 Å². The van der Waals surface area contributed by atoms with Gasteiger partial charge in [0.25, 0.3) is 0 Å². The van der Waals surface area contributed by atoms with Crippen LogP contribution in [0.25, 0.3) is 10.9 Å². The predicted octanol–water partition coefficient (Wildman–Crippen LogP) is 2.50. The van der Waals surface area contributed by atoms with E-state index in [1.165, 1.54) is 38.3 Å². The molecule has 1 heterocycles. The van der Waals surface area contributed by atoms with Gasteiger partial charge in [0.2, 0.25) is 5.91 Å². The maximum atomic E-state index is 13.2. The minimum Gasteiger partial charge on any atom is -0.497 e. The summed E-state index contributed by atoms with van der Waals surface area (Å²) >= 11 is 0. The monoisotopic (exact) mass is 384 g/mol. The number of aromatic nitrogens is 1. The molecule has 0 radical (unpaired) electrons. The Balaban J connectivity index is 2.04. The van der Waals surface area contributed by atoms with Crippen molar-refractivity contribution < 1.29 is 17.9 Å². The zero-order valence-corrected chi connectivity index (χ0v) is 15.9. The lowest BCUT2D eigenvalue weighted by molar-refractivity contribution is -0.120. The van der Waals surface area contributed by atoms with Gasteiger partial charge in [-0.3, -0.25) is 9.78 Å². The van der Waals surface area contributed by atoms with E-state index in [1.54, 1.807) is 24.4 Å². The van der Waals surface area contributed by atoms with Gasteiger partial charge in [-0.05, 0) is 55.0 Å². The summed E-state index contributed by atoms with van der Waals surface area (Å²) in [5, 5.41) is 0.865. The fourth-order valence-corrected chi connectivity index (χ4v) is 4.59. The number of nitrogens with two attached hydrogens (primary N) is 1. The molecular weight excluding hydrogens is 364 g/mol. The maximum Gasteiger partial charge on any atom is 0.239 e. The van der Waals surface area contributed by atoms with E-state index >= 15 is 0 Å². The Morgan fingerprint density at radius 3 is 2.48 bits per heavy atom. The molecule has 2 N–H and O–H groups in total. The van der Waals surface area contributed by atoms with Gasteiger partial charge in [0.15, 0.2) is 14.6 Å². The molecule has 1 aromatic heterocycles. The van der Waals surface area contributed by atoms with E-state index in [-0.39, 0.29) is 11.3 Å². The highest BCUT2D eigenvalue weighted by Crippen LogP contribution is 2.31. The van der Waals surface area contributed by atoms with Gasteiger partial charge in [0.1, 0.15) is 5.75 Å². The van der Waals surface area contributed by atoms with Crippen LogP contribution in [0.3, 0.4) is 0 Å². The molecule has 7 heteroatoms. The van der Waals surface area contributed by atoms with Crippen LogP contribution in [0.1, 0.15) is 12.5 Å². The van der Waals surface area contributed by atoms with Crippen LogP contribution in [0.15, 0.2) is 65.7 Å². The summed E-state index contributed by atoms with van der Waals surface area (Å²) in [6.07, 6.45) is 1.64. The average molecular weight is 384 g/mol. The Hall–Kier alpha value is -2.93. The van der Waals surface area contributed by atoms with Gasteiger partial charge in [-0.25, -0.2) is 8.42 Å². The predicted molar refractivity (Wildman–Crippen MR) is 103 cm³/mol. The van der Waals surface area contributed by atoms with Crippen LogP contribution in [0, 0.1) is 0 Å². The number of ether oxygens (including phenoxy) is 1. The first kappa shape index (κ1) is 18.8. The van der Waals surface area contributed by atoms with E-state index in [0.29, 0.717) is 11.3 Å². The second-order valence-electron chi connectivity index (χ2n) is 6.48. The fraction of sp³-hybridized carbons (Fsp3) is 0.200. The molecule has 0 spiro atoms. The normalized spacial score (nSPS) is 13.9. The second kappa shape index (κ2) is 7.00. The van der Waals surface area contributed by atoms with Crippen molar-refractivity contribution in [2.45, 2.75) is 23.0 Å². The quantitative estimate of drug-likeness (QED) is 0.704. The zero-order valence-electron chi connectivity index (χ0n) is 15.0. The number of carbonyl (C=O) groups is 1. The summed E-state index contributed by atoms with van der Waals surface area (Å²) in [7, 11) is -2.53. The molecule has 2 aromatic carbocycles. The number of pyridine rings is 1. The van der Waals surface area contributed by atoms with Crippen molar-refractivity contribution in [3.63, 3.8) is 0 Å². The van der Waals surface area contributed by atoms with Crippen molar-refractivity contribution >= 4 is 26.6 Å². The van der Waals surface area contributed by atoms with E-state index in [1.807, 2.05) is 12.1 Å². The van der Waals surface area contributed by atoms with Crippen LogP contribution in [0.5, 0.6) is 5.75 Å². The van der Waals surface area contributed by atoms with Crippen LogP contribution in [0.4, 0.5) is 0 Å². The van der Waals surface area contributed by atoms with Crippen molar-refractivity contribution in [3.8, 4) is 5.75 Å². The molecule has 1 atom stereocenters. The molecule has 27 heavy (non-hydrogen) atoms. The number of fused-ring (bicyclic) bond motifs is 1. The van der Waals surface area contributed by atoms with Crippen molar-refractivity contribution in [3.05, 3.63) is 66.4 Å². The van der Waals surface area contributed by atoms with Crippen LogP contribution in [-0.2, 0) is 21.1 Å². The Labute approximate surface area is 157 Å². The first-order valence-electron chi connectivity index (χ1n) is 8.30. The fourth-order valence-electron chi connectivity index (χ4n) is 2.95. The molecule has 0 bridgehead atoms. The summed E-state index contributed by atoms with van der Waals surface area (Å²) in [5.74, 6) is -0.374. The number of methoxy groups -OCH3 is 1. The molecule has 1 amide bonds. The third-order valence-corrected chi connectivity index (χ3v) is 7.12. The molecule has 0 saturated heterocycles. The van der Waals surface area contributed by atoms with Gasteiger partial charge in [-0.2, -0.15) is 0 Å². The molecule has 0 aliphatic heterocycles. The van der Waals surface area contributed by atoms with Crippen LogP contribution in [0.2, 0.25) is 0 Å². The Morgan fingerprint density at radius 2 is 1.85 bits per heavy atom. The largest absolute Gasteiger partial charge is 0.497 e. The molecule has 0 aliphatic carbocycles. The highest BCUT2D eigenvalue weighted by atomic mass is 32.2. The Morgan fingerprint density at radius 1 is 1.15 bits per heavy atom. The molecule has 3 rings (SSSR count). The molecule has 1 unspecified atom stereocenters. The molecule has 0 aliphatic rings. The van der Waals surface area contributed by atoms with Crippen molar-refractivity contribution in [2.24, 2.45) is 5.73 Å². The van der Waals surface area contributed by atoms with Gasteiger partial charge in [0.05, 0.1) is 17.5 Å². The second-order valence-corrected chi connectivity index (χ2v) is 8.86. The van der Waals surface area contributed by atoms with Gasteiger partial charge in [-0.15, -0.1) is 0 Å². The minimum atomic E-state index is -4.02. The number of carbonyl (C=O) groups excluding carboxylic acids is 1. The Bertz CT molecular complexity index is 1090. The summed E-state index contributed by atoms with van der Waals surface area (Å²) in [5.41, 5.74) is 7.04. The third kappa shape index (κ3) is 3.38. The van der Waals surface area contributed by atoms with Gasteiger partial charge >= 0.3 is 0 Å². The van der Waals surface area contributed by atoms with Crippen LogP contribution < -0.4 is 10.5 Å². The first-order chi connectivity index (χ1) is 12.8. The number of sulfone groups is 1. The topological polar surface area (TPSA) is 99.3 Å². The summed E-state index contributed by atoms with van der Waals surface area (Å²) in [6, 6.07) is 15.0. The van der Waals surface area contributed by atoms with Gasteiger partial charge < -0.3 is 10.5 Å². The molecule has 6 nitrogen and oxygen atoms in total. The SMILES string of the molecule is COc1ccc(S(=O)(=O)C(C)(Cc2ccc3ncccc3c2)C(N)=O)cc1. The van der Waals surface area contributed by atoms with E-state index in [0.717, 1.165) is 10.9 Å². The van der Waals surface area contributed by atoms with E-state index in [9.17, 15) is 13.2 Å². The average Bonchev–Trinajstić information content (AvgIpc) is 2.67. The van der Waals surface area contributed by atoms with Gasteiger partial charge in [0, 0.05) is 18.0 Å². The molecule has 0 saturated carbocycles. The molecule has 0 fully saturated rings. The summed E-state index contributed by atoms with van der Waals surface area (Å²) in [6.45, 7) is 1.36. The van der Waals surface area contributed by atoms with E-state index in [4.69, 9.17) is 10.5 Å². The van der Waals surface area contributed by atoms with E-state index in [2.05, 4.69) is 4.98 Å².